The molecule has 0 saturated carbocycles. The van der Waals surface area contributed by atoms with Crippen LogP contribution >= 0.6 is 0 Å². The second-order valence-corrected chi connectivity index (χ2v) is 4.24. The van der Waals surface area contributed by atoms with Crippen LogP contribution in [0, 0.1) is 0 Å². The second kappa shape index (κ2) is 4.53. The van der Waals surface area contributed by atoms with Crippen LogP contribution in [0.25, 0.3) is 0 Å². The Kier molecular flexibility index (Phi) is 3.10. The lowest BCUT2D eigenvalue weighted by molar-refractivity contribution is -0.129. The first-order valence-electron chi connectivity index (χ1n) is 5.46. The average Bonchev–Trinajstić information content (AvgIpc) is 2.65. The number of amides is 1. The van der Waals surface area contributed by atoms with Crippen LogP contribution in [0.5, 0.6) is 5.75 Å². The molecule has 3 N–H and O–H groups in total. The van der Waals surface area contributed by atoms with Gasteiger partial charge in [0.2, 0.25) is 5.91 Å². The van der Waals surface area contributed by atoms with Gasteiger partial charge in [0.1, 0.15) is 5.75 Å². The Bertz CT molecular complexity index is 392. The van der Waals surface area contributed by atoms with Crippen molar-refractivity contribution in [3.8, 4) is 5.75 Å². The predicted molar refractivity (Wildman–Crippen MR) is 61.0 cm³/mol. The predicted octanol–water partition coefficient (Wildman–Crippen LogP) is 0.494. The first kappa shape index (κ1) is 11.0. The average molecular weight is 220 g/mol. The zero-order valence-electron chi connectivity index (χ0n) is 9.10. The topological polar surface area (TPSA) is 66.6 Å². The van der Waals surface area contributed by atoms with Crippen LogP contribution in [0.4, 0.5) is 0 Å². The van der Waals surface area contributed by atoms with Gasteiger partial charge in [-0.25, -0.2) is 0 Å². The summed E-state index contributed by atoms with van der Waals surface area (Å²) in [6.45, 7) is 1.40. The highest BCUT2D eigenvalue weighted by Crippen LogP contribution is 2.14. The maximum Gasteiger partial charge on any atom is 0.227 e. The third-order valence-corrected chi connectivity index (χ3v) is 2.84. The Hall–Kier alpha value is -1.55. The van der Waals surface area contributed by atoms with E-state index < -0.39 is 0 Å². The van der Waals surface area contributed by atoms with E-state index in [1.165, 1.54) is 0 Å². The number of phenols is 1. The van der Waals surface area contributed by atoms with E-state index in [1.54, 1.807) is 23.1 Å². The van der Waals surface area contributed by atoms with E-state index >= 15 is 0 Å². The molecule has 1 atom stereocenters. The molecule has 0 aliphatic carbocycles. The SMILES string of the molecule is N[C@H]1CCN(C(=O)Cc2cccc(O)c2)C1. The molecule has 1 fully saturated rings. The number of nitrogens with zero attached hydrogens (tertiary/aromatic N) is 1. The minimum absolute atomic E-state index is 0.0820. The van der Waals surface area contributed by atoms with Crippen LogP contribution in [-0.2, 0) is 11.2 Å². The molecule has 86 valence electrons. The molecule has 4 nitrogen and oxygen atoms in total. The summed E-state index contributed by atoms with van der Waals surface area (Å²) in [6, 6.07) is 6.92. The molecule has 0 radical (unpaired) electrons. The Morgan fingerprint density at radius 1 is 1.56 bits per heavy atom. The van der Waals surface area contributed by atoms with Gasteiger partial charge in [-0.3, -0.25) is 4.79 Å². The fraction of sp³-hybridized carbons (Fsp3) is 0.417. The number of aromatic hydroxyl groups is 1. The molecule has 1 aliphatic heterocycles. The van der Waals surface area contributed by atoms with Crippen molar-refractivity contribution >= 4 is 5.91 Å². The summed E-state index contributed by atoms with van der Waals surface area (Å²) in [6.07, 6.45) is 1.22. The van der Waals surface area contributed by atoms with Gasteiger partial charge in [-0.15, -0.1) is 0 Å². The van der Waals surface area contributed by atoms with E-state index in [4.69, 9.17) is 5.73 Å². The van der Waals surface area contributed by atoms with Gasteiger partial charge >= 0.3 is 0 Å². The monoisotopic (exact) mass is 220 g/mol. The third kappa shape index (κ3) is 2.52. The molecule has 0 aromatic heterocycles. The fourth-order valence-electron chi connectivity index (χ4n) is 1.97. The second-order valence-electron chi connectivity index (χ2n) is 4.24. The highest BCUT2D eigenvalue weighted by Gasteiger charge is 2.23. The molecule has 4 heteroatoms. The summed E-state index contributed by atoms with van der Waals surface area (Å²) in [5.41, 5.74) is 6.58. The maximum absolute atomic E-state index is 11.9. The summed E-state index contributed by atoms with van der Waals surface area (Å²) >= 11 is 0. The van der Waals surface area contributed by atoms with Gasteiger partial charge in [0.05, 0.1) is 6.42 Å². The molecule has 0 unspecified atom stereocenters. The number of nitrogens with two attached hydrogens (primary N) is 1. The largest absolute Gasteiger partial charge is 0.508 e. The van der Waals surface area contributed by atoms with E-state index in [0.29, 0.717) is 13.0 Å². The van der Waals surface area contributed by atoms with Gasteiger partial charge in [0.15, 0.2) is 0 Å². The molecule has 1 aliphatic rings. The molecule has 2 rings (SSSR count). The van der Waals surface area contributed by atoms with Crippen LogP contribution < -0.4 is 5.73 Å². The Labute approximate surface area is 94.7 Å². The Morgan fingerprint density at radius 2 is 2.38 bits per heavy atom. The normalized spacial score (nSPS) is 20.1. The van der Waals surface area contributed by atoms with E-state index in [-0.39, 0.29) is 17.7 Å². The van der Waals surface area contributed by atoms with Crippen molar-refractivity contribution in [1.29, 1.82) is 0 Å². The number of carbonyl (C=O) groups is 1. The van der Waals surface area contributed by atoms with Gasteiger partial charge in [-0.1, -0.05) is 12.1 Å². The summed E-state index contributed by atoms with van der Waals surface area (Å²) in [4.78, 5) is 13.6. The molecule has 16 heavy (non-hydrogen) atoms. The minimum Gasteiger partial charge on any atom is -0.508 e. The number of likely N-dealkylation sites (tertiary alicyclic amines) is 1. The lowest BCUT2D eigenvalue weighted by Gasteiger charge is -2.15. The van der Waals surface area contributed by atoms with Crippen molar-refractivity contribution in [3.05, 3.63) is 29.8 Å². The summed E-state index contributed by atoms with van der Waals surface area (Å²) in [5, 5.41) is 9.29. The van der Waals surface area contributed by atoms with Crippen molar-refractivity contribution in [2.24, 2.45) is 5.73 Å². The highest BCUT2D eigenvalue weighted by atomic mass is 16.3. The van der Waals surface area contributed by atoms with Gasteiger partial charge in [-0.2, -0.15) is 0 Å². The zero-order valence-corrected chi connectivity index (χ0v) is 9.10. The number of benzene rings is 1. The number of rotatable bonds is 2. The quantitative estimate of drug-likeness (QED) is 0.762. The van der Waals surface area contributed by atoms with E-state index in [2.05, 4.69) is 0 Å². The van der Waals surface area contributed by atoms with Crippen molar-refractivity contribution in [3.63, 3.8) is 0 Å². The molecular formula is C12H16N2O2. The van der Waals surface area contributed by atoms with Crippen molar-refractivity contribution in [2.75, 3.05) is 13.1 Å². The highest BCUT2D eigenvalue weighted by molar-refractivity contribution is 5.79. The van der Waals surface area contributed by atoms with Crippen LogP contribution in [0.1, 0.15) is 12.0 Å². The number of hydrogen-bond acceptors (Lipinski definition) is 3. The summed E-state index contributed by atoms with van der Waals surface area (Å²) in [7, 11) is 0. The first-order valence-corrected chi connectivity index (χ1v) is 5.46. The van der Waals surface area contributed by atoms with Crippen LogP contribution in [0.3, 0.4) is 0 Å². The standard InChI is InChI=1S/C12H16N2O2/c13-10-4-5-14(8-10)12(16)7-9-2-1-3-11(15)6-9/h1-3,6,10,15H,4-5,7-8,13H2/t10-/m0/s1. The minimum atomic E-state index is 0.0820. The molecule has 1 amide bonds. The van der Waals surface area contributed by atoms with Crippen molar-refractivity contribution < 1.29 is 9.90 Å². The lowest BCUT2D eigenvalue weighted by Crippen LogP contribution is -2.32. The van der Waals surface area contributed by atoms with Crippen molar-refractivity contribution in [2.45, 2.75) is 18.9 Å². The molecule has 1 aromatic rings. The van der Waals surface area contributed by atoms with Gasteiger partial charge in [0.25, 0.3) is 0 Å². The van der Waals surface area contributed by atoms with Crippen LogP contribution in [0.15, 0.2) is 24.3 Å². The molecule has 0 bridgehead atoms. The maximum atomic E-state index is 11.9. The van der Waals surface area contributed by atoms with Gasteiger partial charge in [-0.05, 0) is 24.1 Å². The van der Waals surface area contributed by atoms with Crippen LogP contribution in [0.2, 0.25) is 0 Å². The number of phenolic OH excluding ortho intramolecular Hbond substituents is 1. The Morgan fingerprint density at radius 3 is 3.00 bits per heavy atom. The molecular weight excluding hydrogens is 204 g/mol. The summed E-state index contributed by atoms with van der Waals surface area (Å²) in [5.74, 6) is 0.280. The van der Waals surface area contributed by atoms with Crippen molar-refractivity contribution in [1.82, 2.24) is 4.90 Å². The molecule has 0 spiro atoms. The van der Waals surface area contributed by atoms with Crippen LogP contribution in [-0.4, -0.2) is 35.0 Å². The third-order valence-electron chi connectivity index (χ3n) is 2.84. The first-order chi connectivity index (χ1) is 7.65. The van der Waals surface area contributed by atoms with Gasteiger partial charge < -0.3 is 15.7 Å². The van der Waals surface area contributed by atoms with E-state index in [9.17, 15) is 9.90 Å². The Balaban J connectivity index is 1.97. The number of hydrogen-bond donors (Lipinski definition) is 2. The zero-order chi connectivity index (χ0) is 11.5. The smallest absolute Gasteiger partial charge is 0.227 e. The van der Waals surface area contributed by atoms with Gasteiger partial charge in [0, 0.05) is 19.1 Å². The summed E-state index contributed by atoms with van der Waals surface area (Å²) < 4.78 is 0. The molecule has 1 saturated heterocycles. The fourth-order valence-corrected chi connectivity index (χ4v) is 1.97. The molecule has 1 aromatic carbocycles. The molecule has 1 heterocycles. The van der Waals surface area contributed by atoms with E-state index in [1.807, 2.05) is 6.07 Å². The van der Waals surface area contributed by atoms with E-state index in [0.717, 1.165) is 18.5 Å². The number of carbonyl (C=O) groups excluding carboxylic acids is 1. The lowest BCUT2D eigenvalue weighted by atomic mass is 10.1.